The summed E-state index contributed by atoms with van der Waals surface area (Å²) in [6.45, 7) is 2.94. The van der Waals surface area contributed by atoms with E-state index in [4.69, 9.17) is 14.2 Å². The number of carbonyl (C=O) groups is 1. The molecule has 144 valence electrons. The molecule has 5 heteroatoms. The fraction of sp³-hybridized carbons (Fsp3) is 0.409. The van der Waals surface area contributed by atoms with Gasteiger partial charge in [-0.15, -0.1) is 0 Å². The number of rotatable bonds is 8. The van der Waals surface area contributed by atoms with Crippen LogP contribution in [0.15, 0.2) is 54.6 Å². The predicted molar refractivity (Wildman–Crippen MR) is 104 cm³/mol. The van der Waals surface area contributed by atoms with E-state index in [1.165, 1.54) is 5.56 Å². The van der Waals surface area contributed by atoms with Crippen molar-refractivity contribution < 1.29 is 19.0 Å². The lowest BCUT2D eigenvalue weighted by molar-refractivity contribution is -0.135. The largest absolute Gasteiger partial charge is 0.493 e. The van der Waals surface area contributed by atoms with E-state index in [-0.39, 0.29) is 12.5 Å². The second-order valence-electron chi connectivity index (χ2n) is 6.76. The van der Waals surface area contributed by atoms with E-state index in [0.29, 0.717) is 24.0 Å². The molecule has 1 heterocycles. The number of amides is 1. The van der Waals surface area contributed by atoms with Crippen molar-refractivity contribution in [1.29, 1.82) is 0 Å². The van der Waals surface area contributed by atoms with Gasteiger partial charge in [-0.1, -0.05) is 42.5 Å². The van der Waals surface area contributed by atoms with Gasteiger partial charge in [0.05, 0.1) is 13.7 Å². The standard InChI is InChI=1S/C22H27NO4/c1-25-20-9-5-6-10-21(20)27-17-22(24)23-13-11-19(12-14-23)16-26-15-18-7-3-2-4-8-18/h2-10,19H,11-17H2,1H3. The molecule has 0 radical (unpaired) electrons. The first-order valence-corrected chi connectivity index (χ1v) is 9.41. The lowest BCUT2D eigenvalue weighted by atomic mass is 9.98. The molecule has 1 aliphatic heterocycles. The molecule has 0 N–H and O–H groups in total. The highest BCUT2D eigenvalue weighted by atomic mass is 16.5. The molecule has 0 unspecified atom stereocenters. The molecule has 0 saturated carbocycles. The average Bonchev–Trinajstić information content (AvgIpc) is 2.73. The second kappa shape index (κ2) is 9.97. The minimum absolute atomic E-state index is 0.0181. The SMILES string of the molecule is COc1ccccc1OCC(=O)N1CCC(COCc2ccccc2)CC1. The van der Waals surface area contributed by atoms with E-state index >= 15 is 0 Å². The van der Waals surface area contributed by atoms with Crippen molar-refractivity contribution in [2.75, 3.05) is 33.4 Å². The van der Waals surface area contributed by atoms with Crippen LogP contribution in [0.4, 0.5) is 0 Å². The highest BCUT2D eigenvalue weighted by Crippen LogP contribution is 2.26. The number of hydrogen-bond donors (Lipinski definition) is 0. The number of piperidine rings is 1. The zero-order valence-corrected chi connectivity index (χ0v) is 15.8. The van der Waals surface area contributed by atoms with E-state index in [9.17, 15) is 4.79 Å². The van der Waals surface area contributed by atoms with E-state index in [1.54, 1.807) is 7.11 Å². The third-order valence-electron chi connectivity index (χ3n) is 4.85. The summed E-state index contributed by atoms with van der Waals surface area (Å²) in [6.07, 6.45) is 1.93. The van der Waals surface area contributed by atoms with Gasteiger partial charge in [0.1, 0.15) is 0 Å². The van der Waals surface area contributed by atoms with Gasteiger partial charge in [-0.05, 0) is 36.5 Å². The number of methoxy groups -OCH3 is 1. The van der Waals surface area contributed by atoms with E-state index < -0.39 is 0 Å². The first kappa shape index (κ1) is 19.2. The lowest BCUT2D eigenvalue weighted by Gasteiger charge is -2.31. The zero-order chi connectivity index (χ0) is 18.9. The summed E-state index contributed by atoms with van der Waals surface area (Å²) in [4.78, 5) is 14.3. The molecular formula is C22H27NO4. The molecule has 2 aromatic carbocycles. The highest BCUT2D eigenvalue weighted by molar-refractivity contribution is 5.78. The summed E-state index contributed by atoms with van der Waals surface area (Å²) in [5, 5.41) is 0. The minimum Gasteiger partial charge on any atom is -0.493 e. The van der Waals surface area contributed by atoms with Crippen molar-refractivity contribution >= 4 is 5.91 Å². The van der Waals surface area contributed by atoms with Gasteiger partial charge in [0, 0.05) is 19.7 Å². The smallest absolute Gasteiger partial charge is 0.260 e. The molecule has 2 aromatic rings. The molecule has 0 aliphatic carbocycles. The van der Waals surface area contributed by atoms with Gasteiger partial charge in [-0.2, -0.15) is 0 Å². The Hall–Kier alpha value is -2.53. The minimum atomic E-state index is 0.0181. The maximum absolute atomic E-state index is 12.4. The molecular weight excluding hydrogens is 342 g/mol. The van der Waals surface area contributed by atoms with Gasteiger partial charge in [0.25, 0.3) is 5.91 Å². The molecule has 1 saturated heterocycles. The summed E-state index contributed by atoms with van der Waals surface area (Å²) in [6, 6.07) is 17.6. The summed E-state index contributed by atoms with van der Waals surface area (Å²) in [5.41, 5.74) is 1.19. The van der Waals surface area contributed by atoms with E-state index in [1.807, 2.05) is 47.4 Å². The van der Waals surface area contributed by atoms with Crippen LogP contribution >= 0.6 is 0 Å². The second-order valence-corrected chi connectivity index (χ2v) is 6.76. The van der Waals surface area contributed by atoms with Crippen LogP contribution in [0.3, 0.4) is 0 Å². The molecule has 0 spiro atoms. The molecule has 1 amide bonds. The Bertz CT molecular complexity index is 711. The van der Waals surface area contributed by atoms with E-state index in [2.05, 4.69) is 12.1 Å². The van der Waals surface area contributed by atoms with Crippen molar-refractivity contribution in [3.8, 4) is 11.5 Å². The van der Waals surface area contributed by atoms with Gasteiger partial charge in [0.2, 0.25) is 0 Å². The number of ether oxygens (including phenoxy) is 3. The Kier molecular flexibility index (Phi) is 7.11. The number of hydrogen-bond acceptors (Lipinski definition) is 4. The Balaban J connectivity index is 1.36. The van der Waals surface area contributed by atoms with Crippen molar-refractivity contribution in [2.45, 2.75) is 19.4 Å². The predicted octanol–water partition coefficient (Wildman–Crippen LogP) is 3.53. The Morgan fingerprint density at radius 3 is 2.37 bits per heavy atom. The molecule has 3 rings (SSSR count). The topological polar surface area (TPSA) is 48.0 Å². The highest BCUT2D eigenvalue weighted by Gasteiger charge is 2.23. The quantitative estimate of drug-likeness (QED) is 0.714. The normalized spacial score (nSPS) is 14.8. The van der Waals surface area contributed by atoms with Crippen LogP contribution in [0.25, 0.3) is 0 Å². The number of likely N-dealkylation sites (tertiary alicyclic amines) is 1. The zero-order valence-electron chi connectivity index (χ0n) is 15.8. The van der Waals surface area contributed by atoms with Crippen molar-refractivity contribution in [3.05, 3.63) is 60.2 Å². The molecule has 1 aliphatic rings. The van der Waals surface area contributed by atoms with Crippen molar-refractivity contribution in [3.63, 3.8) is 0 Å². The average molecular weight is 369 g/mol. The van der Waals surface area contributed by atoms with E-state index in [0.717, 1.165) is 32.5 Å². The van der Waals surface area contributed by atoms with Gasteiger partial charge >= 0.3 is 0 Å². The van der Waals surface area contributed by atoms with Gasteiger partial charge in [-0.3, -0.25) is 4.79 Å². The van der Waals surface area contributed by atoms with Gasteiger partial charge in [-0.25, -0.2) is 0 Å². The monoisotopic (exact) mass is 369 g/mol. The third-order valence-corrected chi connectivity index (χ3v) is 4.85. The first-order valence-electron chi connectivity index (χ1n) is 9.41. The van der Waals surface area contributed by atoms with Crippen LogP contribution in [-0.2, 0) is 16.1 Å². The first-order chi connectivity index (χ1) is 13.3. The van der Waals surface area contributed by atoms with Crippen molar-refractivity contribution in [2.24, 2.45) is 5.92 Å². The molecule has 27 heavy (non-hydrogen) atoms. The van der Waals surface area contributed by atoms with Crippen LogP contribution in [0, 0.1) is 5.92 Å². The van der Waals surface area contributed by atoms with Crippen molar-refractivity contribution in [1.82, 2.24) is 4.90 Å². The Labute approximate surface area is 160 Å². The number of para-hydroxylation sites is 2. The fourth-order valence-corrected chi connectivity index (χ4v) is 3.24. The third kappa shape index (κ3) is 5.73. The lowest BCUT2D eigenvalue weighted by Crippen LogP contribution is -2.41. The number of carbonyl (C=O) groups excluding carboxylic acids is 1. The summed E-state index contributed by atoms with van der Waals surface area (Å²) >= 11 is 0. The molecule has 0 aromatic heterocycles. The number of nitrogens with zero attached hydrogens (tertiary/aromatic N) is 1. The van der Waals surface area contributed by atoms with Crippen LogP contribution < -0.4 is 9.47 Å². The Morgan fingerprint density at radius 2 is 1.67 bits per heavy atom. The van der Waals surface area contributed by atoms with Gasteiger partial charge in [0.15, 0.2) is 18.1 Å². The Morgan fingerprint density at radius 1 is 1.00 bits per heavy atom. The number of benzene rings is 2. The van der Waals surface area contributed by atoms with Crippen LogP contribution in [0.5, 0.6) is 11.5 Å². The van der Waals surface area contributed by atoms with Gasteiger partial charge < -0.3 is 19.1 Å². The van der Waals surface area contributed by atoms with Crippen LogP contribution in [0.2, 0.25) is 0 Å². The van der Waals surface area contributed by atoms with Crippen LogP contribution in [-0.4, -0.2) is 44.2 Å². The summed E-state index contributed by atoms with van der Waals surface area (Å²) in [5.74, 6) is 1.76. The molecule has 1 fully saturated rings. The molecule has 0 atom stereocenters. The maximum atomic E-state index is 12.4. The molecule has 5 nitrogen and oxygen atoms in total. The maximum Gasteiger partial charge on any atom is 0.260 e. The summed E-state index contributed by atoms with van der Waals surface area (Å²) < 4.78 is 16.7. The van der Waals surface area contributed by atoms with Crippen LogP contribution in [0.1, 0.15) is 18.4 Å². The molecule has 0 bridgehead atoms. The summed E-state index contributed by atoms with van der Waals surface area (Å²) in [7, 11) is 1.59. The fourth-order valence-electron chi connectivity index (χ4n) is 3.24.